The summed E-state index contributed by atoms with van der Waals surface area (Å²) in [5.41, 5.74) is 0.993. The molecule has 0 bridgehead atoms. The Kier molecular flexibility index (Phi) is 3.11. The zero-order valence-corrected chi connectivity index (χ0v) is 8.46. The fraction of sp³-hybridized carbons (Fsp3) is 0.429. The Morgan fingerprint density at radius 3 is 2.75 bits per heavy atom. The monoisotopic (exact) mass is 203 g/mol. The second-order valence-electron chi connectivity index (χ2n) is 2.30. The lowest BCUT2D eigenvalue weighted by Gasteiger charge is -1.88. The maximum Gasteiger partial charge on any atom is 0.313 e. The molecule has 0 atom stereocenters. The predicted octanol–water partition coefficient (Wildman–Crippen LogP) is 1.94. The van der Waals surface area contributed by atoms with Crippen LogP contribution in [0, 0.1) is 13.8 Å². The van der Waals surface area contributed by atoms with E-state index in [9.17, 15) is 4.79 Å². The van der Waals surface area contributed by atoms with E-state index in [2.05, 4.69) is 4.98 Å². The van der Waals surface area contributed by atoms with Crippen LogP contribution in [0.5, 0.6) is 0 Å². The number of carbonyl (C=O) groups is 1. The van der Waals surface area contributed by atoms with Gasteiger partial charge >= 0.3 is 5.97 Å². The first-order valence-corrected chi connectivity index (χ1v) is 5.18. The normalized spacial score (nSPS) is 10.2. The topological polar surface area (TPSA) is 50.2 Å². The van der Waals surface area contributed by atoms with Gasteiger partial charge in [-0.25, -0.2) is 4.98 Å². The molecule has 1 aromatic rings. The lowest BCUT2D eigenvalue weighted by molar-refractivity contribution is -0.133. The molecule has 12 heavy (non-hydrogen) atoms. The molecule has 0 aliphatic heterocycles. The number of aryl methyl sites for hydroxylation is 2. The SMILES string of the molecule is Cc1nc(SCC(=O)O)sc1C. The van der Waals surface area contributed by atoms with Crippen LogP contribution < -0.4 is 0 Å². The van der Waals surface area contributed by atoms with Gasteiger partial charge < -0.3 is 5.11 Å². The van der Waals surface area contributed by atoms with Crippen molar-refractivity contribution in [2.75, 3.05) is 5.75 Å². The molecule has 0 amide bonds. The maximum absolute atomic E-state index is 10.2. The van der Waals surface area contributed by atoms with Crippen LogP contribution in [0.3, 0.4) is 0 Å². The summed E-state index contributed by atoms with van der Waals surface area (Å²) >= 11 is 2.82. The third-order valence-corrected chi connectivity index (χ3v) is 3.53. The van der Waals surface area contributed by atoms with E-state index in [0.29, 0.717) is 0 Å². The highest BCUT2D eigenvalue weighted by Gasteiger charge is 2.05. The first-order chi connectivity index (χ1) is 5.59. The largest absolute Gasteiger partial charge is 0.481 e. The van der Waals surface area contributed by atoms with Crippen molar-refractivity contribution >= 4 is 29.1 Å². The fourth-order valence-electron chi connectivity index (χ4n) is 0.629. The highest BCUT2D eigenvalue weighted by molar-refractivity contribution is 8.01. The van der Waals surface area contributed by atoms with Crippen LogP contribution in [-0.4, -0.2) is 21.8 Å². The Balaban J connectivity index is 2.58. The molecule has 0 unspecified atom stereocenters. The molecule has 3 nitrogen and oxygen atoms in total. The Morgan fingerprint density at radius 2 is 2.33 bits per heavy atom. The molecule has 0 fully saturated rings. The smallest absolute Gasteiger partial charge is 0.313 e. The molecule has 0 spiro atoms. The minimum Gasteiger partial charge on any atom is -0.481 e. The van der Waals surface area contributed by atoms with Crippen LogP contribution in [-0.2, 0) is 4.79 Å². The van der Waals surface area contributed by atoms with E-state index >= 15 is 0 Å². The fourth-order valence-corrected chi connectivity index (χ4v) is 2.50. The van der Waals surface area contributed by atoms with Gasteiger partial charge in [0.2, 0.25) is 0 Å². The second-order valence-corrected chi connectivity index (χ2v) is 4.73. The third kappa shape index (κ3) is 2.49. The highest BCUT2D eigenvalue weighted by atomic mass is 32.2. The number of carboxylic acids is 1. The van der Waals surface area contributed by atoms with Crippen LogP contribution in [0.2, 0.25) is 0 Å². The van der Waals surface area contributed by atoms with Gasteiger partial charge in [-0.15, -0.1) is 11.3 Å². The van der Waals surface area contributed by atoms with Gasteiger partial charge in [-0.05, 0) is 13.8 Å². The number of aliphatic carboxylic acids is 1. The molecule has 0 saturated carbocycles. The minimum atomic E-state index is -0.800. The Bertz CT molecular complexity index is 276. The third-order valence-electron chi connectivity index (χ3n) is 1.33. The molecule has 1 rings (SSSR count). The number of hydrogen-bond acceptors (Lipinski definition) is 4. The Hall–Kier alpha value is -0.550. The quantitative estimate of drug-likeness (QED) is 0.763. The van der Waals surface area contributed by atoms with E-state index in [4.69, 9.17) is 5.11 Å². The van der Waals surface area contributed by atoms with Crippen molar-refractivity contribution in [2.24, 2.45) is 0 Å². The van der Waals surface area contributed by atoms with Gasteiger partial charge in [0.25, 0.3) is 0 Å². The number of nitrogens with zero attached hydrogens (tertiary/aromatic N) is 1. The van der Waals surface area contributed by atoms with Gasteiger partial charge in [0.1, 0.15) is 0 Å². The first kappa shape index (κ1) is 9.54. The summed E-state index contributed by atoms with van der Waals surface area (Å²) in [6, 6.07) is 0. The summed E-state index contributed by atoms with van der Waals surface area (Å²) < 4.78 is 0.840. The average molecular weight is 203 g/mol. The molecule has 0 aliphatic rings. The zero-order chi connectivity index (χ0) is 9.14. The highest BCUT2D eigenvalue weighted by Crippen LogP contribution is 2.25. The van der Waals surface area contributed by atoms with E-state index in [0.717, 1.165) is 14.9 Å². The van der Waals surface area contributed by atoms with Crippen LogP contribution in [0.25, 0.3) is 0 Å². The standard InChI is InChI=1S/C7H9NO2S2/c1-4-5(2)12-7(8-4)11-3-6(9)10/h3H2,1-2H3,(H,9,10). The van der Waals surface area contributed by atoms with E-state index in [-0.39, 0.29) is 5.75 Å². The summed E-state index contributed by atoms with van der Waals surface area (Å²) in [5.74, 6) is -0.711. The van der Waals surface area contributed by atoms with Gasteiger partial charge in [-0.1, -0.05) is 11.8 Å². The number of thiazole rings is 1. The van der Waals surface area contributed by atoms with Gasteiger partial charge in [0.15, 0.2) is 4.34 Å². The van der Waals surface area contributed by atoms with Crippen molar-refractivity contribution in [3.05, 3.63) is 10.6 Å². The van der Waals surface area contributed by atoms with E-state index in [1.807, 2.05) is 13.8 Å². The van der Waals surface area contributed by atoms with E-state index in [1.54, 1.807) is 11.3 Å². The molecule has 0 aromatic carbocycles. The summed E-state index contributed by atoms with van der Waals surface area (Å²) in [5, 5.41) is 8.41. The lowest BCUT2D eigenvalue weighted by Crippen LogP contribution is -1.96. The number of hydrogen-bond donors (Lipinski definition) is 1. The van der Waals surface area contributed by atoms with Crippen LogP contribution in [0.15, 0.2) is 4.34 Å². The van der Waals surface area contributed by atoms with Gasteiger partial charge in [0, 0.05) is 4.88 Å². The van der Waals surface area contributed by atoms with Gasteiger partial charge in [-0.3, -0.25) is 4.79 Å². The van der Waals surface area contributed by atoms with Crippen molar-refractivity contribution in [3.63, 3.8) is 0 Å². The molecular formula is C7H9NO2S2. The van der Waals surface area contributed by atoms with Gasteiger partial charge in [-0.2, -0.15) is 0 Å². The molecule has 0 radical (unpaired) electrons. The van der Waals surface area contributed by atoms with Crippen molar-refractivity contribution in [3.8, 4) is 0 Å². The molecule has 5 heteroatoms. The average Bonchev–Trinajstić information content (AvgIpc) is 2.28. The Morgan fingerprint density at radius 1 is 1.67 bits per heavy atom. The number of carboxylic acid groups (broad SMARTS) is 1. The van der Waals surface area contributed by atoms with Crippen molar-refractivity contribution < 1.29 is 9.90 Å². The molecule has 66 valence electrons. The summed E-state index contributed by atoms with van der Waals surface area (Å²) in [6.07, 6.45) is 0. The predicted molar refractivity (Wildman–Crippen MR) is 49.9 cm³/mol. The van der Waals surface area contributed by atoms with E-state index < -0.39 is 5.97 Å². The van der Waals surface area contributed by atoms with Crippen LogP contribution in [0.4, 0.5) is 0 Å². The zero-order valence-electron chi connectivity index (χ0n) is 6.83. The second kappa shape index (κ2) is 3.91. The molecule has 1 heterocycles. The first-order valence-electron chi connectivity index (χ1n) is 3.38. The van der Waals surface area contributed by atoms with Crippen LogP contribution >= 0.6 is 23.1 Å². The number of rotatable bonds is 3. The minimum absolute atomic E-state index is 0.0897. The molecular weight excluding hydrogens is 194 g/mol. The van der Waals surface area contributed by atoms with Crippen molar-refractivity contribution in [2.45, 2.75) is 18.2 Å². The van der Waals surface area contributed by atoms with Crippen LogP contribution in [0.1, 0.15) is 10.6 Å². The molecule has 0 saturated heterocycles. The molecule has 1 N–H and O–H groups in total. The summed E-state index contributed by atoms with van der Waals surface area (Å²) in [4.78, 5) is 15.6. The lowest BCUT2D eigenvalue weighted by atomic mass is 10.4. The summed E-state index contributed by atoms with van der Waals surface area (Å²) in [7, 11) is 0. The molecule has 1 aromatic heterocycles. The number of aromatic nitrogens is 1. The van der Waals surface area contributed by atoms with Crippen molar-refractivity contribution in [1.29, 1.82) is 0 Å². The van der Waals surface area contributed by atoms with E-state index in [1.165, 1.54) is 11.8 Å². The summed E-state index contributed by atoms with van der Waals surface area (Å²) in [6.45, 7) is 3.91. The maximum atomic E-state index is 10.2. The molecule has 0 aliphatic carbocycles. The van der Waals surface area contributed by atoms with Gasteiger partial charge in [0.05, 0.1) is 11.4 Å². The number of thioether (sulfide) groups is 1. The van der Waals surface area contributed by atoms with Crippen molar-refractivity contribution in [1.82, 2.24) is 4.98 Å². The Labute approximate surface area is 78.8 Å².